The van der Waals surface area contributed by atoms with E-state index in [9.17, 15) is 4.79 Å². The summed E-state index contributed by atoms with van der Waals surface area (Å²) in [6, 6.07) is 11.6. The van der Waals surface area contributed by atoms with Gasteiger partial charge in [-0.05, 0) is 38.5 Å². The molecule has 3 N–H and O–H groups in total. The zero-order valence-corrected chi connectivity index (χ0v) is 19.5. The van der Waals surface area contributed by atoms with Crippen LogP contribution in [-0.4, -0.2) is 45.3 Å². The number of aromatic nitrogens is 3. The SMILES string of the molecule is CCNC(=O)N1CC2(CCn3nc(-c4cnc(N)c(O[C@H](C)c5ccccc5Cl)c4)cc32)C1. The molecule has 5 rings (SSSR count). The van der Waals surface area contributed by atoms with Crippen LogP contribution in [0.4, 0.5) is 10.6 Å². The van der Waals surface area contributed by atoms with Gasteiger partial charge in [-0.15, -0.1) is 0 Å². The minimum absolute atomic E-state index is 0.00141. The van der Waals surface area contributed by atoms with Crippen molar-refractivity contribution < 1.29 is 9.53 Å². The molecule has 8 nitrogen and oxygen atoms in total. The van der Waals surface area contributed by atoms with Gasteiger partial charge in [0.15, 0.2) is 11.6 Å². The van der Waals surface area contributed by atoms with Gasteiger partial charge < -0.3 is 20.7 Å². The predicted molar refractivity (Wildman–Crippen MR) is 127 cm³/mol. The first kappa shape index (κ1) is 21.6. The number of urea groups is 1. The summed E-state index contributed by atoms with van der Waals surface area (Å²) in [7, 11) is 0. The van der Waals surface area contributed by atoms with E-state index in [1.807, 2.05) is 53.8 Å². The summed E-state index contributed by atoms with van der Waals surface area (Å²) >= 11 is 6.32. The Morgan fingerprint density at radius 1 is 1.33 bits per heavy atom. The molecule has 1 fully saturated rings. The number of hydrogen-bond donors (Lipinski definition) is 2. The third kappa shape index (κ3) is 3.78. The number of carbonyl (C=O) groups excluding carboxylic acids is 1. The molecule has 4 heterocycles. The molecular weight excluding hydrogens is 440 g/mol. The summed E-state index contributed by atoms with van der Waals surface area (Å²) in [6.45, 7) is 6.76. The number of likely N-dealkylation sites (tertiary alicyclic amines) is 1. The van der Waals surface area contributed by atoms with Gasteiger partial charge in [0.1, 0.15) is 6.10 Å². The molecule has 1 atom stereocenters. The van der Waals surface area contributed by atoms with Crippen molar-refractivity contribution in [2.24, 2.45) is 0 Å². The van der Waals surface area contributed by atoms with E-state index in [1.165, 1.54) is 5.69 Å². The lowest BCUT2D eigenvalue weighted by atomic mass is 9.76. The molecule has 3 aromatic rings. The normalized spacial score (nSPS) is 16.9. The van der Waals surface area contributed by atoms with Crippen molar-refractivity contribution in [1.29, 1.82) is 0 Å². The molecule has 1 saturated heterocycles. The number of pyridine rings is 1. The average Bonchev–Trinajstić information content (AvgIpc) is 3.34. The van der Waals surface area contributed by atoms with Crippen LogP contribution in [0.3, 0.4) is 0 Å². The van der Waals surface area contributed by atoms with Crippen LogP contribution >= 0.6 is 11.6 Å². The Morgan fingerprint density at radius 3 is 2.88 bits per heavy atom. The van der Waals surface area contributed by atoms with Crippen molar-refractivity contribution >= 4 is 23.4 Å². The fourth-order valence-corrected chi connectivity index (χ4v) is 5.05. The number of nitrogen functional groups attached to an aromatic ring is 1. The maximum atomic E-state index is 12.1. The molecule has 0 saturated carbocycles. The predicted octanol–water partition coefficient (Wildman–Crippen LogP) is 4.01. The Morgan fingerprint density at radius 2 is 2.12 bits per heavy atom. The molecule has 2 aromatic heterocycles. The van der Waals surface area contributed by atoms with E-state index < -0.39 is 0 Å². The maximum Gasteiger partial charge on any atom is 0.317 e. The van der Waals surface area contributed by atoms with Crippen molar-refractivity contribution in [3.8, 4) is 17.0 Å². The monoisotopic (exact) mass is 466 g/mol. The van der Waals surface area contributed by atoms with Crippen LogP contribution in [0, 0.1) is 0 Å². The van der Waals surface area contributed by atoms with Gasteiger partial charge >= 0.3 is 6.03 Å². The molecule has 1 spiro atoms. The third-order valence-electron chi connectivity index (χ3n) is 6.55. The summed E-state index contributed by atoms with van der Waals surface area (Å²) in [5.41, 5.74) is 9.80. The second-order valence-corrected chi connectivity index (χ2v) is 9.16. The van der Waals surface area contributed by atoms with E-state index >= 15 is 0 Å². The van der Waals surface area contributed by atoms with E-state index in [-0.39, 0.29) is 17.6 Å². The number of nitrogens with one attached hydrogen (secondary N) is 1. The van der Waals surface area contributed by atoms with Crippen molar-refractivity contribution in [3.05, 3.63) is 58.9 Å². The smallest absolute Gasteiger partial charge is 0.317 e. The highest BCUT2D eigenvalue weighted by atomic mass is 35.5. The van der Waals surface area contributed by atoms with Crippen molar-refractivity contribution in [2.45, 2.75) is 38.3 Å². The van der Waals surface area contributed by atoms with Crippen LogP contribution in [0.1, 0.15) is 37.6 Å². The molecule has 2 aliphatic rings. The minimum Gasteiger partial charge on any atom is -0.482 e. The van der Waals surface area contributed by atoms with E-state index in [0.717, 1.165) is 29.8 Å². The first-order chi connectivity index (χ1) is 15.9. The van der Waals surface area contributed by atoms with Gasteiger partial charge in [-0.3, -0.25) is 4.68 Å². The zero-order chi connectivity index (χ0) is 23.2. The fraction of sp³-hybridized carbons (Fsp3) is 0.375. The molecule has 2 aliphatic heterocycles. The summed E-state index contributed by atoms with van der Waals surface area (Å²) in [5, 5.41) is 8.32. The van der Waals surface area contributed by atoms with Crippen LogP contribution in [0.5, 0.6) is 5.75 Å². The lowest BCUT2D eigenvalue weighted by Crippen LogP contribution is -2.62. The van der Waals surface area contributed by atoms with Gasteiger partial charge in [-0.25, -0.2) is 9.78 Å². The number of fused-ring (bicyclic) bond motifs is 2. The van der Waals surface area contributed by atoms with Crippen molar-refractivity contribution in [3.63, 3.8) is 0 Å². The van der Waals surface area contributed by atoms with Gasteiger partial charge in [0.25, 0.3) is 0 Å². The molecule has 0 radical (unpaired) electrons. The highest BCUT2D eigenvalue weighted by molar-refractivity contribution is 6.31. The standard InChI is InChI=1S/C24H27ClN6O2/c1-3-27-23(32)30-13-24(14-30)8-9-31-21(24)11-19(29-31)16-10-20(22(26)28-12-16)33-15(2)17-6-4-5-7-18(17)25/h4-7,10-12,15H,3,8-9,13-14H2,1-2H3,(H2,26,28)(H,27,32)/t15-/m1/s1. The van der Waals surface area contributed by atoms with Gasteiger partial charge in [-0.1, -0.05) is 29.8 Å². The molecule has 33 heavy (non-hydrogen) atoms. The molecule has 2 amide bonds. The Bertz CT molecular complexity index is 1200. The number of ether oxygens (including phenoxy) is 1. The average molecular weight is 467 g/mol. The number of nitrogens with two attached hydrogens (primary N) is 1. The third-order valence-corrected chi connectivity index (χ3v) is 6.90. The van der Waals surface area contributed by atoms with Crippen LogP contribution in [0.25, 0.3) is 11.3 Å². The fourth-order valence-electron chi connectivity index (χ4n) is 4.76. The lowest BCUT2D eigenvalue weighted by Gasteiger charge is -2.47. The van der Waals surface area contributed by atoms with Gasteiger partial charge in [0, 0.05) is 59.6 Å². The first-order valence-corrected chi connectivity index (χ1v) is 11.6. The summed E-state index contributed by atoms with van der Waals surface area (Å²) in [5.74, 6) is 0.811. The number of halogens is 1. The van der Waals surface area contributed by atoms with Crippen LogP contribution in [0.15, 0.2) is 42.6 Å². The quantitative estimate of drug-likeness (QED) is 0.592. The molecule has 1 aromatic carbocycles. The topological polar surface area (TPSA) is 98.3 Å². The summed E-state index contributed by atoms with van der Waals surface area (Å²) < 4.78 is 8.18. The van der Waals surface area contributed by atoms with Crippen LogP contribution in [-0.2, 0) is 12.0 Å². The Hall–Kier alpha value is -3.26. The minimum atomic E-state index is -0.288. The van der Waals surface area contributed by atoms with Crippen LogP contribution < -0.4 is 15.8 Å². The van der Waals surface area contributed by atoms with Gasteiger partial charge in [-0.2, -0.15) is 5.10 Å². The molecule has 0 aliphatic carbocycles. The maximum absolute atomic E-state index is 12.1. The van der Waals surface area contributed by atoms with E-state index in [2.05, 4.69) is 16.4 Å². The van der Waals surface area contributed by atoms with Gasteiger partial charge in [0.2, 0.25) is 0 Å². The van der Waals surface area contributed by atoms with E-state index in [4.69, 9.17) is 27.2 Å². The highest BCUT2D eigenvalue weighted by Gasteiger charge is 2.51. The number of hydrogen-bond acceptors (Lipinski definition) is 5. The molecule has 0 bridgehead atoms. The van der Waals surface area contributed by atoms with E-state index in [1.54, 1.807) is 6.20 Å². The number of nitrogens with zero attached hydrogens (tertiary/aromatic N) is 4. The number of aryl methyl sites for hydroxylation is 1. The molecule has 0 unspecified atom stereocenters. The largest absolute Gasteiger partial charge is 0.482 e. The van der Waals surface area contributed by atoms with E-state index in [0.29, 0.717) is 36.2 Å². The van der Waals surface area contributed by atoms with Gasteiger partial charge in [0.05, 0.1) is 5.69 Å². The number of benzene rings is 1. The molecule has 172 valence electrons. The Kier molecular flexibility index (Phi) is 5.40. The first-order valence-electron chi connectivity index (χ1n) is 11.2. The number of anilines is 1. The number of rotatable bonds is 5. The number of amides is 2. The second-order valence-electron chi connectivity index (χ2n) is 8.75. The van der Waals surface area contributed by atoms with Crippen molar-refractivity contribution in [2.75, 3.05) is 25.4 Å². The zero-order valence-electron chi connectivity index (χ0n) is 18.7. The van der Waals surface area contributed by atoms with Crippen molar-refractivity contribution in [1.82, 2.24) is 25.0 Å². The van der Waals surface area contributed by atoms with Crippen LogP contribution in [0.2, 0.25) is 5.02 Å². The Balaban J connectivity index is 1.37. The molecule has 9 heteroatoms. The summed E-state index contributed by atoms with van der Waals surface area (Å²) in [6.07, 6.45) is 2.42. The summed E-state index contributed by atoms with van der Waals surface area (Å²) in [4.78, 5) is 18.3. The Labute approximate surface area is 197 Å². The lowest BCUT2D eigenvalue weighted by molar-refractivity contribution is 0.0925. The second kappa shape index (κ2) is 8.26. The highest BCUT2D eigenvalue weighted by Crippen LogP contribution is 2.44. The number of carbonyl (C=O) groups is 1. The molecular formula is C24H27ClN6O2.